The Morgan fingerprint density at radius 3 is 1.81 bits per heavy atom. The van der Waals surface area contributed by atoms with Gasteiger partial charge in [-0.1, -0.05) is 0 Å². The third-order valence-electron chi connectivity index (χ3n) is 2.46. The van der Waals surface area contributed by atoms with Crippen LogP contribution in [0.1, 0.15) is 19.3 Å². The average Bonchev–Trinajstić information content (AvgIpc) is 2.50. The molecule has 0 aliphatic carbocycles. The lowest BCUT2D eigenvalue weighted by atomic mass is 10.2. The third-order valence-corrected chi connectivity index (χ3v) is 2.46. The molecule has 2 atom stereocenters. The minimum absolute atomic E-state index is 0.0907. The zero-order valence-electron chi connectivity index (χ0n) is 15.4. The van der Waals surface area contributed by atoms with Crippen LogP contribution in [0.2, 0.25) is 0 Å². The van der Waals surface area contributed by atoms with Gasteiger partial charge in [0.2, 0.25) is 0 Å². The predicted octanol–water partition coefficient (Wildman–Crippen LogP) is -4.19. The number of carboxylic acids is 2. The van der Waals surface area contributed by atoms with Gasteiger partial charge in [-0.05, 0) is 6.42 Å². The SMILES string of the molecule is C[N+](C)(C)CC(O)CC(=O)[O-].N[C@@H](CC[C]=O)C(=O)O.OCC(O)CO. The first-order valence-electron chi connectivity index (χ1n) is 7.72. The Hall–Kier alpha value is -1.63. The Bertz CT molecular complexity index is 382. The van der Waals surface area contributed by atoms with Crippen molar-refractivity contribution >= 4 is 18.2 Å². The molecule has 7 N–H and O–H groups in total. The van der Waals surface area contributed by atoms with Crippen molar-refractivity contribution in [2.24, 2.45) is 5.73 Å². The van der Waals surface area contributed by atoms with Crippen LogP contribution in [0, 0.1) is 0 Å². The number of aliphatic hydroxyl groups excluding tert-OH is 4. The Balaban J connectivity index is -0.000000319. The number of nitrogens with two attached hydrogens (primary N) is 1. The Kier molecular flexibility index (Phi) is 18.9. The van der Waals surface area contributed by atoms with Crippen molar-refractivity contribution in [2.45, 2.75) is 37.5 Å². The van der Waals surface area contributed by atoms with Gasteiger partial charge in [-0.25, -0.2) is 0 Å². The fourth-order valence-electron chi connectivity index (χ4n) is 1.28. The first-order chi connectivity index (χ1) is 11.8. The summed E-state index contributed by atoms with van der Waals surface area (Å²) in [5, 5.41) is 51.3. The second-order valence-corrected chi connectivity index (χ2v) is 6.35. The molecule has 0 saturated carbocycles. The van der Waals surface area contributed by atoms with E-state index < -0.39 is 30.2 Å². The average molecular weight is 383 g/mol. The molecule has 0 heterocycles. The lowest BCUT2D eigenvalue weighted by Gasteiger charge is -2.26. The van der Waals surface area contributed by atoms with Gasteiger partial charge in [-0.3, -0.25) is 9.59 Å². The quantitative estimate of drug-likeness (QED) is 0.201. The van der Waals surface area contributed by atoms with E-state index in [1.807, 2.05) is 21.1 Å². The molecule has 0 amide bonds. The molecule has 0 aromatic heterocycles. The molecule has 0 aliphatic heterocycles. The molecule has 0 rings (SSSR count). The number of nitrogens with zero attached hydrogens (tertiary/aromatic N) is 1. The summed E-state index contributed by atoms with van der Waals surface area (Å²) in [5.41, 5.74) is 5.02. The van der Waals surface area contributed by atoms with E-state index in [1.54, 1.807) is 6.29 Å². The number of carbonyl (C=O) groups is 2. The van der Waals surface area contributed by atoms with Crippen LogP contribution < -0.4 is 10.8 Å². The number of likely N-dealkylation sites (N-methyl/N-ethyl adjacent to an activating group) is 1. The van der Waals surface area contributed by atoms with Crippen LogP contribution in [0.15, 0.2) is 0 Å². The maximum absolute atomic E-state index is 10.0. The summed E-state index contributed by atoms with van der Waals surface area (Å²) in [5.74, 6) is -2.28. The zero-order chi connectivity index (χ0) is 21.3. The summed E-state index contributed by atoms with van der Waals surface area (Å²) >= 11 is 0. The van der Waals surface area contributed by atoms with Gasteiger partial charge in [0, 0.05) is 18.8 Å². The highest BCUT2D eigenvalue weighted by atomic mass is 16.4. The van der Waals surface area contributed by atoms with Gasteiger partial charge < -0.3 is 45.7 Å². The first kappa shape index (κ1) is 29.1. The van der Waals surface area contributed by atoms with Crippen LogP contribution in [0.5, 0.6) is 0 Å². The molecule has 0 spiro atoms. The number of hydrogen-bond donors (Lipinski definition) is 6. The number of carboxylic acid groups (broad SMARTS) is 2. The van der Waals surface area contributed by atoms with Crippen molar-refractivity contribution in [2.75, 3.05) is 40.9 Å². The number of aliphatic hydroxyl groups is 4. The number of hydrogen-bond acceptors (Lipinski definition) is 9. The van der Waals surface area contributed by atoms with Gasteiger partial charge in [0.25, 0.3) is 0 Å². The van der Waals surface area contributed by atoms with Crippen LogP contribution in [-0.4, -0.2) is 107 Å². The lowest BCUT2D eigenvalue weighted by molar-refractivity contribution is -0.873. The van der Waals surface area contributed by atoms with Crippen LogP contribution >= 0.6 is 0 Å². The smallest absolute Gasteiger partial charge is 0.320 e. The number of carbonyl (C=O) groups excluding carboxylic acids is 2. The summed E-state index contributed by atoms with van der Waals surface area (Å²) < 4.78 is 0.550. The van der Waals surface area contributed by atoms with Gasteiger partial charge in [0.1, 0.15) is 24.8 Å². The second-order valence-electron chi connectivity index (χ2n) is 6.35. The van der Waals surface area contributed by atoms with Gasteiger partial charge in [0.15, 0.2) is 6.29 Å². The van der Waals surface area contributed by atoms with E-state index in [0.717, 1.165) is 0 Å². The highest BCUT2D eigenvalue weighted by molar-refractivity contribution is 5.73. The number of rotatable bonds is 10. The van der Waals surface area contributed by atoms with Crippen molar-refractivity contribution in [1.82, 2.24) is 0 Å². The fourth-order valence-corrected chi connectivity index (χ4v) is 1.28. The van der Waals surface area contributed by atoms with E-state index in [1.165, 1.54) is 0 Å². The topological polar surface area (TPSA) is 201 Å². The summed E-state index contributed by atoms with van der Waals surface area (Å²) in [4.78, 5) is 29.5. The van der Waals surface area contributed by atoms with Gasteiger partial charge in [-0.15, -0.1) is 0 Å². The Morgan fingerprint density at radius 1 is 1.12 bits per heavy atom. The van der Waals surface area contributed by atoms with E-state index in [0.29, 0.717) is 11.0 Å². The maximum Gasteiger partial charge on any atom is 0.320 e. The highest BCUT2D eigenvalue weighted by Gasteiger charge is 2.14. The molecule has 11 heteroatoms. The molecule has 0 bridgehead atoms. The van der Waals surface area contributed by atoms with Crippen LogP contribution in [0.3, 0.4) is 0 Å². The maximum atomic E-state index is 10.0. The molecule has 1 unspecified atom stereocenters. The van der Waals surface area contributed by atoms with Crippen LogP contribution in [-0.2, 0) is 14.4 Å². The molecule has 0 saturated heterocycles. The van der Waals surface area contributed by atoms with E-state index >= 15 is 0 Å². The number of quaternary nitrogens is 1. The minimum atomic E-state index is -1.20. The third kappa shape index (κ3) is 27.2. The van der Waals surface area contributed by atoms with E-state index in [9.17, 15) is 19.5 Å². The molecule has 1 radical (unpaired) electrons. The molecule has 155 valence electrons. The molecule has 0 aliphatic rings. The monoisotopic (exact) mass is 383 g/mol. The summed E-state index contributed by atoms with van der Waals surface area (Å²) in [6, 6.07) is -0.925. The lowest BCUT2D eigenvalue weighted by Crippen LogP contribution is -2.43. The molecule has 11 nitrogen and oxygen atoms in total. The molecule has 0 fully saturated rings. The van der Waals surface area contributed by atoms with Crippen molar-refractivity contribution < 1.29 is 49.5 Å². The van der Waals surface area contributed by atoms with Crippen molar-refractivity contribution in [3.05, 3.63) is 0 Å². The fraction of sp³-hybridized carbons (Fsp3) is 0.800. The van der Waals surface area contributed by atoms with Crippen LogP contribution in [0.25, 0.3) is 0 Å². The van der Waals surface area contributed by atoms with E-state index in [-0.39, 0.29) is 32.5 Å². The molecule has 0 aromatic rings. The van der Waals surface area contributed by atoms with E-state index in [4.69, 9.17) is 31.3 Å². The molecular formula is C15H31N2O9. The molecule has 0 aromatic carbocycles. The minimum Gasteiger partial charge on any atom is -0.550 e. The molecular weight excluding hydrogens is 352 g/mol. The van der Waals surface area contributed by atoms with E-state index in [2.05, 4.69) is 0 Å². The van der Waals surface area contributed by atoms with Crippen LogP contribution in [0.4, 0.5) is 0 Å². The number of aliphatic carboxylic acids is 2. The van der Waals surface area contributed by atoms with Crippen molar-refractivity contribution in [3.63, 3.8) is 0 Å². The normalized spacial score (nSPS) is 12.8. The Morgan fingerprint density at radius 2 is 1.58 bits per heavy atom. The Labute approximate surface area is 152 Å². The predicted molar refractivity (Wildman–Crippen MR) is 89.2 cm³/mol. The zero-order valence-corrected chi connectivity index (χ0v) is 15.4. The largest absolute Gasteiger partial charge is 0.550 e. The van der Waals surface area contributed by atoms with Gasteiger partial charge in [-0.2, -0.15) is 0 Å². The summed E-state index contributed by atoms with van der Waals surface area (Å²) in [6.45, 7) is -0.305. The summed E-state index contributed by atoms with van der Waals surface area (Å²) in [7, 11) is 5.66. The second kappa shape index (κ2) is 16.8. The van der Waals surface area contributed by atoms with Gasteiger partial charge in [0.05, 0.1) is 34.4 Å². The molecule has 26 heavy (non-hydrogen) atoms. The van der Waals surface area contributed by atoms with Crippen molar-refractivity contribution in [1.29, 1.82) is 0 Å². The van der Waals surface area contributed by atoms with Crippen molar-refractivity contribution in [3.8, 4) is 0 Å². The standard InChI is InChI=1S/C7H15NO3.C5H8NO3.C3H8O3/c1-8(2,3)5-6(9)4-7(10)11;6-4(5(8)9)2-1-3-7;4-1-3(6)2-5/h6,9H,4-5H2,1-3H3;4H,1-2,6H2,(H,8,9);3-6H,1-2H2/t;4-;/m.0./s1. The first-order valence-corrected chi connectivity index (χ1v) is 7.72. The highest BCUT2D eigenvalue weighted by Crippen LogP contribution is 1.97. The summed E-state index contributed by atoms with van der Waals surface area (Å²) in [6.07, 6.45) is -0.225. The van der Waals surface area contributed by atoms with Gasteiger partial charge >= 0.3 is 5.97 Å².